The van der Waals surface area contributed by atoms with Crippen LogP contribution in [0.15, 0.2) is 42.7 Å². The normalized spacial score (nSPS) is 20.5. The summed E-state index contributed by atoms with van der Waals surface area (Å²) in [7, 11) is 0. The van der Waals surface area contributed by atoms with E-state index in [0.717, 1.165) is 44.5 Å². The fourth-order valence-corrected chi connectivity index (χ4v) is 3.95. The van der Waals surface area contributed by atoms with Gasteiger partial charge in [-0.25, -0.2) is 0 Å². The Balaban J connectivity index is 1.35. The van der Waals surface area contributed by atoms with Crippen LogP contribution in [0.5, 0.6) is 5.75 Å². The van der Waals surface area contributed by atoms with Crippen molar-refractivity contribution in [2.75, 3.05) is 26.3 Å². The van der Waals surface area contributed by atoms with Gasteiger partial charge in [0, 0.05) is 38.6 Å². The number of rotatable bonds is 6. The third-order valence-corrected chi connectivity index (χ3v) is 5.63. The van der Waals surface area contributed by atoms with Crippen molar-refractivity contribution in [3.8, 4) is 5.75 Å². The molecular formula is C23H29N3O3. The quantitative estimate of drug-likeness (QED) is 0.815. The third kappa shape index (κ3) is 5.34. The maximum atomic E-state index is 12.8. The number of ether oxygens (including phenoxy) is 2. The Hall–Kier alpha value is -2.44. The van der Waals surface area contributed by atoms with Gasteiger partial charge in [0.2, 0.25) is 0 Å². The Morgan fingerprint density at radius 3 is 2.72 bits per heavy atom. The summed E-state index contributed by atoms with van der Waals surface area (Å²) in [5.41, 5.74) is 2.96. The summed E-state index contributed by atoms with van der Waals surface area (Å²) in [6.45, 7) is 6.21. The van der Waals surface area contributed by atoms with Crippen LogP contribution < -0.4 is 10.1 Å². The maximum absolute atomic E-state index is 12.8. The molecule has 2 saturated heterocycles. The first kappa shape index (κ1) is 19.9. The SMILES string of the molecule is Cc1ccc(OC2CCN(Cc3ccncc3)CC2)c(C(=O)NC2CCOC2)c1. The highest BCUT2D eigenvalue weighted by atomic mass is 16.5. The van der Waals surface area contributed by atoms with Crippen LogP contribution in [0.1, 0.15) is 40.7 Å². The number of benzene rings is 1. The Bertz CT molecular complexity index is 813. The smallest absolute Gasteiger partial charge is 0.255 e. The lowest BCUT2D eigenvalue weighted by Crippen LogP contribution is -2.38. The lowest BCUT2D eigenvalue weighted by atomic mass is 10.1. The van der Waals surface area contributed by atoms with Crippen LogP contribution in [0.3, 0.4) is 0 Å². The topological polar surface area (TPSA) is 63.7 Å². The van der Waals surface area contributed by atoms with E-state index in [1.54, 1.807) is 0 Å². The van der Waals surface area contributed by atoms with E-state index < -0.39 is 0 Å². The molecule has 0 spiro atoms. The lowest BCUT2D eigenvalue weighted by Gasteiger charge is -2.32. The van der Waals surface area contributed by atoms with E-state index in [1.165, 1.54) is 5.56 Å². The van der Waals surface area contributed by atoms with E-state index in [4.69, 9.17) is 9.47 Å². The van der Waals surface area contributed by atoms with Gasteiger partial charge in [0.1, 0.15) is 11.9 Å². The Morgan fingerprint density at radius 1 is 1.21 bits per heavy atom. The number of hydrogen-bond acceptors (Lipinski definition) is 5. The second kappa shape index (κ2) is 9.37. The van der Waals surface area contributed by atoms with Gasteiger partial charge in [-0.2, -0.15) is 0 Å². The van der Waals surface area contributed by atoms with Crippen molar-refractivity contribution >= 4 is 5.91 Å². The number of nitrogens with zero attached hydrogens (tertiary/aromatic N) is 2. The molecule has 6 nitrogen and oxygen atoms in total. The molecular weight excluding hydrogens is 366 g/mol. The molecule has 0 saturated carbocycles. The average Bonchev–Trinajstić information content (AvgIpc) is 3.24. The minimum absolute atomic E-state index is 0.0747. The molecule has 6 heteroatoms. The molecule has 1 N–H and O–H groups in total. The summed E-state index contributed by atoms with van der Waals surface area (Å²) in [4.78, 5) is 19.3. The second-order valence-electron chi connectivity index (χ2n) is 7.98. The number of hydrogen-bond donors (Lipinski definition) is 1. The molecule has 1 unspecified atom stereocenters. The molecule has 0 bridgehead atoms. The maximum Gasteiger partial charge on any atom is 0.255 e. The molecule has 29 heavy (non-hydrogen) atoms. The highest BCUT2D eigenvalue weighted by Crippen LogP contribution is 2.25. The first-order valence-electron chi connectivity index (χ1n) is 10.4. The molecule has 1 amide bonds. The van der Waals surface area contributed by atoms with E-state index in [-0.39, 0.29) is 18.1 Å². The zero-order chi connectivity index (χ0) is 20.1. The minimum Gasteiger partial charge on any atom is -0.489 e. The number of carbonyl (C=O) groups excluding carboxylic acids is 1. The van der Waals surface area contributed by atoms with Crippen LogP contribution in [0, 0.1) is 6.92 Å². The number of aryl methyl sites for hydroxylation is 1. The summed E-state index contributed by atoms with van der Waals surface area (Å²) in [6, 6.07) is 10.1. The van der Waals surface area contributed by atoms with Crippen molar-refractivity contribution in [2.45, 2.75) is 44.9 Å². The molecule has 1 aromatic carbocycles. The van der Waals surface area contributed by atoms with Gasteiger partial charge >= 0.3 is 0 Å². The number of amides is 1. The summed E-state index contributed by atoms with van der Waals surface area (Å²) in [6.07, 6.45) is 6.59. The van der Waals surface area contributed by atoms with Crippen LogP contribution in [-0.2, 0) is 11.3 Å². The zero-order valence-corrected chi connectivity index (χ0v) is 17.0. The van der Waals surface area contributed by atoms with Gasteiger partial charge in [0.15, 0.2) is 0 Å². The van der Waals surface area contributed by atoms with Gasteiger partial charge in [-0.05, 0) is 56.0 Å². The van der Waals surface area contributed by atoms with Crippen LogP contribution in [0.25, 0.3) is 0 Å². The van der Waals surface area contributed by atoms with E-state index in [1.807, 2.05) is 37.5 Å². The van der Waals surface area contributed by atoms with E-state index in [0.29, 0.717) is 24.5 Å². The largest absolute Gasteiger partial charge is 0.489 e. The number of pyridine rings is 1. The number of nitrogens with one attached hydrogen (secondary N) is 1. The van der Waals surface area contributed by atoms with Crippen molar-refractivity contribution in [1.82, 2.24) is 15.2 Å². The molecule has 2 fully saturated rings. The van der Waals surface area contributed by atoms with Crippen LogP contribution in [0.2, 0.25) is 0 Å². The lowest BCUT2D eigenvalue weighted by molar-refractivity contribution is 0.0877. The number of aromatic nitrogens is 1. The van der Waals surface area contributed by atoms with Gasteiger partial charge < -0.3 is 14.8 Å². The molecule has 2 aromatic rings. The highest BCUT2D eigenvalue weighted by molar-refractivity contribution is 5.97. The predicted octanol–water partition coefficient (Wildman–Crippen LogP) is 2.95. The Kier molecular flexibility index (Phi) is 6.42. The summed E-state index contributed by atoms with van der Waals surface area (Å²) in [5, 5.41) is 3.08. The molecule has 1 atom stereocenters. The highest BCUT2D eigenvalue weighted by Gasteiger charge is 2.24. The van der Waals surface area contributed by atoms with Gasteiger partial charge in [-0.3, -0.25) is 14.7 Å². The predicted molar refractivity (Wildman–Crippen MR) is 111 cm³/mol. The number of likely N-dealkylation sites (tertiary alicyclic amines) is 1. The van der Waals surface area contributed by atoms with Gasteiger partial charge in [0.05, 0.1) is 18.2 Å². The van der Waals surface area contributed by atoms with E-state index >= 15 is 0 Å². The van der Waals surface area contributed by atoms with Crippen LogP contribution >= 0.6 is 0 Å². The first-order chi connectivity index (χ1) is 14.2. The van der Waals surface area contributed by atoms with Gasteiger partial charge in [-0.1, -0.05) is 11.6 Å². The van der Waals surface area contributed by atoms with Crippen molar-refractivity contribution in [3.63, 3.8) is 0 Å². The minimum atomic E-state index is -0.0747. The summed E-state index contributed by atoms with van der Waals surface area (Å²) < 4.78 is 11.7. The van der Waals surface area contributed by atoms with Gasteiger partial charge in [0.25, 0.3) is 5.91 Å². The average molecular weight is 396 g/mol. The van der Waals surface area contributed by atoms with Crippen molar-refractivity contribution in [1.29, 1.82) is 0 Å². The standard InChI is InChI=1S/C23H29N3O3/c1-17-2-3-22(21(14-17)23(27)25-19-8-13-28-16-19)29-20-6-11-26(12-7-20)15-18-4-9-24-10-5-18/h2-5,9-10,14,19-20H,6-8,11-13,15-16H2,1H3,(H,25,27). The van der Waals surface area contributed by atoms with E-state index in [9.17, 15) is 4.79 Å². The Labute approximate surface area is 172 Å². The molecule has 0 aliphatic carbocycles. The monoisotopic (exact) mass is 395 g/mol. The van der Waals surface area contributed by atoms with Crippen molar-refractivity contribution in [2.24, 2.45) is 0 Å². The molecule has 3 heterocycles. The molecule has 4 rings (SSSR count). The first-order valence-corrected chi connectivity index (χ1v) is 10.4. The second-order valence-corrected chi connectivity index (χ2v) is 7.98. The molecule has 2 aliphatic heterocycles. The molecule has 154 valence electrons. The third-order valence-electron chi connectivity index (χ3n) is 5.63. The fourth-order valence-electron chi connectivity index (χ4n) is 3.95. The summed E-state index contributed by atoms with van der Waals surface area (Å²) in [5.74, 6) is 0.605. The number of piperidine rings is 1. The molecule has 2 aliphatic rings. The fraction of sp³-hybridized carbons (Fsp3) is 0.478. The molecule has 1 aromatic heterocycles. The summed E-state index contributed by atoms with van der Waals surface area (Å²) >= 11 is 0. The van der Waals surface area contributed by atoms with Crippen molar-refractivity contribution < 1.29 is 14.3 Å². The van der Waals surface area contributed by atoms with E-state index in [2.05, 4.69) is 27.3 Å². The zero-order valence-electron chi connectivity index (χ0n) is 17.0. The van der Waals surface area contributed by atoms with Gasteiger partial charge in [-0.15, -0.1) is 0 Å². The Morgan fingerprint density at radius 2 is 2.00 bits per heavy atom. The van der Waals surface area contributed by atoms with Crippen molar-refractivity contribution in [3.05, 3.63) is 59.4 Å². The van der Waals surface area contributed by atoms with Crippen LogP contribution in [0.4, 0.5) is 0 Å². The van der Waals surface area contributed by atoms with Crippen LogP contribution in [-0.4, -0.2) is 54.2 Å². The molecule has 0 radical (unpaired) electrons. The number of carbonyl (C=O) groups is 1.